The molecule has 0 bridgehead atoms. The Morgan fingerprint density at radius 3 is 1.90 bits per heavy atom. The van der Waals surface area contributed by atoms with E-state index in [4.69, 9.17) is 9.97 Å². The van der Waals surface area contributed by atoms with Crippen molar-refractivity contribution in [2.75, 3.05) is 0 Å². The van der Waals surface area contributed by atoms with Crippen LogP contribution in [0.25, 0.3) is 59.1 Å². The van der Waals surface area contributed by atoms with Crippen molar-refractivity contribution in [3.63, 3.8) is 0 Å². The standard InChI is InChI=1S/C46H31N3SSi/c1-3-16-34(17-4-1)51(35-18-5-2-6-19-35,36-20-11-14-32(30-36)41-24-9-10-28-47-41)37-21-12-15-33(31-37)49-45-38(39-23-13-29-48-46(39)49)26-27-43-44(45)40-22-7-8-25-42(40)50-43/h1-31H. The molecule has 0 aliphatic heterocycles. The smallest absolute Gasteiger partial charge is 0.179 e. The Labute approximate surface area is 300 Å². The van der Waals surface area contributed by atoms with E-state index in [9.17, 15) is 0 Å². The van der Waals surface area contributed by atoms with Crippen molar-refractivity contribution >= 4 is 82.3 Å². The predicted molar refractivity (Wildman–Crippen MR) is 218 cm³/mol. The fraction of sp³-hybridized carbons (Fsp3) is 0. The highest BCUT2D eigenvalue weighted by Gasteiger charge is 2.42. The zero-order valence-corrected chi connectivity index (χ0v) is 29.5. The number of thiophene rings is 1. The van der Waals surface area contributed by atoms with Crippen LogP contribution in [0.1, 0.15) is 0 Å². The Bertz CT molecular complexity index is 2820. The number of fused-ring (bicyclic) bond motifs is 7. The minimum atomic E-state index is -2.89. The van der Waals surface area contributed by atoms with Gasteiger partial charge in [-0.3, -0.25) is 9.55 Å². The van der Waals surface area contributed by atoms with Crippen molar-refractivity contribution in [1.29, 1.82) is 0 Å². The Morgan fingerprint density at radius 1 is 0.451 bits per heavy atom. The van der Waals surface area contributed by atoms with Crippen LogP contribution >= 0.6 is 11.3 Å². The summed E-state index contributed by atoms with van der Waals surface area (Å²) in [5.41, 5.74) is 5.38. The highest BCUT2D eigenvalue weighted by molar-refractivity contribution is 7.26. The Balaban J connectivity index is 1.31. The van der Waals surface area contributed by atoms with Gasteiger partial charge in [-0.05, 0) is 69.3 Å². The van der Waals surface area contributed by atoms with Crippen LogP contribution in [0.15, 0.2) is 188 Å². The molecule has 0 spiro atoms. The summed E-state index contributed by atoms with van der Waals surface area (Å²) < 4.78 is 4.99. The number of rotatable bonds is 6. The summed E-state index contributed by atoms with van der Waals surface area (Å²) in [7, 11) is -2.89. The SMILES string of the molecule is c1ccc([Si](c2ccccc2)(c2cccc(-c3ccccn3)c2)c2cccc(-n3c4ncccc4c4ccc5sc6ccccc6c5c43)c2)cc1. The van der Waals surface area contributed by atoms with Gasteiger partial charge < -0.3 is 0 Å². The molecule has 0 fully saturated rings. The zero-order chi connectivity index (χ0) is 33.8. The largest absolute Gasteiger partial charge is 0.293 e. The molecule has 0 unspecified atom stereocenters. The van der Waals surface area contributed by atoms with Crippen LogP contribution in [0.2, 0.25) is 0 Å². The van der Waals surface area contributed by atoms with Gasteiger partial charge in [0.2, 0.25) is 0 Å². The first-order valence-corrected chi connectivity index (χ1v) is 20.1. The van der Waals surface area contributed by atoms with Gasteiger partial charge in [-0.2, -0.15) is 0 Å². The van der Waals surface area contributed by atoms with E-state index < -0.39 is 8.07 Å². The van der Waals surface area contributed by atoms with Crippen molar-refractivity contribution in [2.24, 2.45) is 0 Å². The van der Waals surface area contributed by atoms with Crippen molar-refractivity contribution in [2.45, 2.75) is 0 Å². The highest BCUT2D eigenvalue weighted by Crippen LogP contribution is 2.42. The summed E-state index contributed by atoms with van der Waals surface area (Å²) in [6.45, 7) is 0. The Hall–Kier alpha value is -6.14. The van der Waals surface area contributed by atoms with Crippen molar-refractivity contribution in [3.05, 3.63) is 188 Å². The lowest BCUT2D eigenvalue weighted by Crippen LogP contribution is -2.74. The fourth-order valence-electron chi connectivity index (χ4n) is 8.09. The van der Waals surface area contributed by atoms with Gasteiger partial charge in [0.1, 0.15) is 5.65 Å². The monoisotopic (exact) mass is 685 g/mol. The van der Waals surface area contributed by atoms with Crippen LogP contribution < -0.4 is 20.7 Å². The summed E-state index contributed by atoms with van der Waals surface area (Å²) >= 11 is 1.86. The molecule has 51 heavy (non-hydrogen) atoms. The van der Waals surface area contributed by atoms with E-state index in [0.29, 0.717) is 0 Å². The molecule has 0 amide bonds. The van der Waals surface area contributed by atoms with Crippen LogP contribution in [0.5, 0.6) is 0 Å². The highest BCUT2D eigenvalue weighted by atomic mass is 32.1. The van der Waals surface area contributed by atoms with Gasteiger partial charge in [-0.15, -0.1) is 11.3 Å². The number of benzene rings is 6. The zero-order valence-electron chi connectivity index (χ0n) is 27.6. The van der Waals surface area contributed by atoms with Gasteiger partial charge in [-0.25, -0.2) is 4.98 Å². The molecule has 6 aromatic carbocycles. The minimum absolute atomic E-state index is 0.969. The maximum absolute atomic E-state index is 5.05. The summed E-state index contributed by atoms with van der Waals surface area (Å²) in [6.07, 6.45) is 3.79. The van der Waals surface area contributed by atoms with Gasteiger partial charge in [0.25, 0.3) is 0 Å². The van der Waals surface area contributed by atoms with Crippen LogP contribution in [0.4, 0.5) is 0 Å². The van der Waals surface area contributed by atoms with Gasteiger partial charge >= 0.3 is 0 Å². The van der Waals surface area contributed by atoms with E-state index in [1.807, 2.05) is 29.8 Å². The molecule has 3 nitrogen and oxygen atoms in total. The van der Waals surface area contributed by atoms with E-state index >= 15 is 0 Å². The number of hydrogen-bond acceptors (Lipinski definition) is 3. The van der Waals surface area contributed by atoms with E-state index in [1.54, 1.807) is 0 Å². The number of hydrogen-bond donors (Lipinski definition) is 0. The second-order valence-electron chi connectivity index (χ2n) is 13.0. The first-order chi connectivity index (χ1) is 25.3. The van der Waals surface area contributed by atoms with E-state index in [0.717, 1.165) is 28.0 Å². The second-order valence-corrected chi connectivity index (χ2v) is 17.9. The van der Waals surface area contributed by atoms with E-state index in [1.165, 1.54) is 51.8 Å². The van der Waals surface area contributed by atoms with Crippen LogP contribution in [-0.2, 0) is 0 Å². The maximum Gasteiger partial charge on any atom is 0.179 e. The molecule has 0 atom stereocenters. The third kappa shape index (κ3) is 4.63. The first kappa shape index (κ1) is 29.7. The summed E-state index contributed by atoms with van der Waals surface area (Å²) in [5.74, 6) is 0. The summed E-state index contributed by atoms with van der Waals surface area (Å²) in [5, 5.41) is 10.2. The lowest BCUT2D eigenvalue weighted by Gasteiger charge is -2.35. The maximum atomic E-state index is 5.05. The predicted octanol–water partition coefficient (Wildman–Crippen LogP) is 8.99. The van der Waals surface area contributed by atoms with Crippen molar-refractivity contribution in [1.82, 2.24) is 14.5 Å². The van der Waals surface area contributed by atoms with Crippen molar-refractivity contribution < 1.29 is 0 Å². The average molecular weight is 686 g/mol. The lowest BCUT2D eigenvalue weighted by atomic mass is 10.1. The molecule has 0 aliphatic rings. The molecule has 240 valence electrons. The molecule has 4 aromatic heterocycles. The molecular weight excluding hydrogens is 655 g/mol. The molecule has 0 saturated carbocycles. The van der Waals surface area contributed by atoms with Gasteiger partial charge in [0.05, 0.1) is 11.2 Å². The number of pyridine rings is 2. The molecule has 10 rings (SSSR count). The van der Waals surface area contributed by atoms with Crippen LogP contribution in [0.3, 0.4) is 0 Å². The van der Waals surface area contributed by atoms with Gasteiger partial charge in [-0.1, -0.05) is 127 Å². The molecule has 5 heteroatoms. The average Bonchev–Trinajstić information content (AvgIpc) is 3.76. The molecule has 0 N–H and O–H groups in total. The van der Waals surface area contributed by atoms with Crippen LogP contribution in [-0.4, -0.2) is 22.6 Å². The molecule has 0 aliphatic carbocycles. The van der Waals surface area contributed by atoms with Gasteiger partial charge in [0, 0.05) is 54.6 Å². The number of nitrogens with zero attached hydrogens (tertiary/aromatic N) is 3. The summed E-state index contributed by atoms with van der Waals surface area (Å²) in [4.78, 5) is 9.79. The normalized spacial score (nSPS) is 11.9. The minimum Gasteiger partial charge on any atom is -0.293 e. The molecule has 0 saturated heterocycles. The first-order valence-electron chi connectivity index (χ1n) is 17.2. The summed E-state index contributed by atoms with van der Waals surface area (Å²) in [6, 6.07) is 64.4. The third-order valence-electron chi connectivity index (χ3n) is 10.2. The van der Waals surface area contributed by atoms with E-state index in [2.05, 4.69) is 174 Å². The van der Waals surface area contributed by atoms with E-state index in [-0.39, 0.29) is 0 Å². The quantitative estimate of drug-likeness (QED) is 0.129. The molecule has 10 aromatic rings. The Kier molecular flexibility index (Phi) is 7.01. The molecule has 0 radical (unpaired) electrons. The number of aromatic nitrogens is 3. The van der Waals surface area contributed by atoms with Crippen molar-refractivity contribution in [3.8, 4) is 16.9 Å². The van der Waals surface area contributed by atoms with Crippen LogP contribution in [0, 0.1) is 0 Å². The lowest BCUT2D eigenvalue weighted by molar-refractivity contribution is 1.14. The second kappa shape index (κ2) is 12.0. The molecule has 4 heterocycles. The Morgan fingerprint density at radius 2 is 1.12 bits per heavy atom. The fourth-order valence-corrected chi connectivity index (χ4v) is 14.0. The third-order valence-corrected chi connectivity index (χ3v) is 16.1. The van der Waals surface area contributed by atoms with Gasteiger partial charge in [0.15, 0.2) is 8.07 Å². The topological polar surface area (TPSA) is 30.7 Å². The molecular formula is C46H31N3SSi.